The lowest BCUT2D eigenvalue weighted by Gasteiger charge is -2.50. The first-order chi connectivity index (χ1) is 14.2. The van der Waals surface area contributed by atoms with E-state index in [1.165, 1.54) is 0 Å². The molecular formula is C22H41NO7. The van der Waals surface area contributed by atoms with Crippen molar-refractivity contribution in [1.82, 2.24) is 0 Å². The van der Waals surface area contributed by atoms with Crippen molar-refractivity contribution in [2.24, 2.45) is 29.4 Å². The Morgan fingerprint density at radius 2 is 1.63 bits per heavy atom. The molecule has 2 aliphatic heterocycles. The van der Waals surface area contributed by atoms with Crippen LogP contribution in [-0.4, -0.2) is 82.1 Å². The van der Waals surface area contributed by atoms with Gasteiger partial charge in [-0.3, -0.25) is 0 Å². The van der Waals surface area contributed by atoms with Crippen LogP contribution in [0.2, 0.25) is 0 Å². The summed E-state index contributed by atoms with van der Waals surface area (Å²) in [4.78, 5) is 0. The summed E-state index contributed by atoms with van der Waals surface area (Å²) in [5.74, 6) is 0.579. The Kier molecular flexibility index (Phi) is 8.18. The summed E-state index contributed by atoms with van der Waals surface area (Å²) in [6, 6.07) is -1.00. The molecule has 1 aliphatic carbocycles. The van der Waals surface area contributed by atoms with E-state index in [1.807, 2.05) is 6.92 Å². The number of aliphatic hydroxyl groups excluding tert-OH is 4. The van der Waals surface area contributed by atoms with Crippen molar-refractivity contribution in [1.29, 1.82) is 0 Å². The molecule has 0 bridgehead atoms. The van der Waals surface area contributed by atoms with Gasteiger partial charge in [0.2, 0.25) is 0 Å². The Hall–Kier alpha value is -0.320. The highest BCUT2D eigenvalue weighted by Crippen LogP contribution is 2.44. The maximum atomic E-state index is 11.4. The predicted octanol–water partition coefficient (Wildman–Crippen LogP) is 0.385. The van der Waals surface area contributed by atoms with Crippen LogP contribution in [-0.2, 0) is 14.2 Å². The highest BCUT2D eigenvalue weighted by atomic mass is 16.7. The third kappa shape index (κ3) is 4.71. The lowest BCUT2D eigenvalue weighted by atomic mass is 9.66. The number of aliphatic hydroxyl groups is 4. The molecule has 30 heavy (non-hydrogen) atoms. The Bertz CT molecular complexity index is 550. The van der Waals surface area contributed by atoms with E-state index < -0.39 is 49.5 Å². The van der Waals surface area contributed by atoms with E-state index in [1.54, 1.807) is 0 Å². The van der Waals surface area contributed by atoms with Crippen molar-refractivity contribution in [3.8, 4) is 0 Å². The van der Waals surface area contributed by atoms with Gasteiger partial charge < -0.3 is 40.4 Å². The second-order valence-corrected chi connectivity index (χ2v) is 9.83. The maximum Gasteiger partial charge on any atom is 0.186 e. The first kappa shape index (κ1) is 24.3. The Labute approximate surface area is 179 Å². The van der Waals surface area contributed by atoms with Gasteiger partial charge in [0.25, 0.3) is 0 Å². The summed E-state index contributed by atoms with van der Waals surface area (Å²) in [7, 11) is 0. The predicted molar refractivity (Wildman–Crippen MR) is 110 cm³/mol. The molecule has 0 spiro atoms. The number of nitrogens with two attached hydrogens (primary N) is 1. The van der Waals surface area contributed by atoms with Crippen molar-refractivity contribution in [2.45, 2.75) is 108 Å². The highest BCUT2D eigenvalue weighted by Gasteiger charge is 2.51. The molecule has 0 aromatic carbocycles. The molecule has 8 nitrogen and oxygen atoms in total. The van der Waals surface area contributed by atoms with E-state index >= 15 is 0 Å². The number of rotatable bonds is 5. The molecule has 0 aromatic heterocycles. The molecule has 3 rings (SSSR count). The normalized spacial score (nSPS) is 52.9. The molecular weight excluding hydrogens is 390 g/mol. The molecule has 176 valence electrons. The van der Waals surface area contributed by atoms with Gasteiger partial charge in [-0.2, -0.15) is 0 Å². The van der Waals surface area contributed by atoms with Crippen LogP contribution in [0.1, 0.15) is 53.4 Å². The molecule has 0 aromatic rings. The van der Waals surface area contributed by atoms with Gasteiger partial charge in [-0.1, -0.05) is 27.7 Å². The van der Waals surface area contributed by atoms with Crippen LogP contribution in [0.5, 0.6) is 0 Å². The van der Waals surface area contributed by atoms with Crippen LogP contribution in [0.25, 0.3) is 0 Å². The Morgan fingerprint density at radius 3 is 2.27 bits per heavy atom. The van der Waals surface area contributed by atoms with E-state index in [9.17, 15) is 20.4 Å². The van der Waals surface area contributed by atoms with Gasteiger partial charge in [0.05, 0.1) is 37.1 Å². The molecule has 3 fully saturated rings. The average molecular weight is 432 g/mol. The minimum Gasteiger partial charge on any atom is -0.394 e. The van der Waals surface area contributed by atoms with Crippen LogP contribution in [0.15, 0.2) is 0 Å². The first-order valence-corrected chi connectivity index (χ1v) is 11.6. The van der Waals surface area contributed by atoms with Gasteiger partial charge in [-0.25, -0.2) is 0 Å². The Morgan fingerprint density at radius 1 is 0.933 bits per heavy atom. The van der Waals surface area contributed by atoms with Crippen LogP contribution in [0.4, 0.5) is 0 Å². The number of ether oxygens (including phenoxy) is 3. The van der Waals surface area contributed by atoms with Crippen molar-refractivity contribution in [3.63, 3.8) is 0 Å². The molecule has 0 radical (unpaired) electrons. The van der Waals surface area contributed by atoms with E-state index in [4.69, 9.17) is 19.9 Å². The van der Waals surface area contributed by atoms with Gasteiger partial charge >= 0.3 is 0 Å². The summed E-state index contributed by atoms with van der Waals surface area (Å²) in [6.45, 7) is 8.06. The SMILES string of the molecule is CCC1CCC(C)C(C2C(C)CC(C)C(OC3OC(CO)C(O)C(N)C3O)C2O)O1. The van der Waals surface area contributed by atoms with E-state index in [2.05, 4.69) is 20.8 Å². The van der Waals surface area contributed by atoms with Gasteiger partial charge in [0.1, 0.15) is 18.3 Å². The van der Waals surface area contributed by atoms with Crippen LogP contribution in [0.3, 0.4) is 0 Å². The van der Waals surface area contributed by atoms with Crippen molar-refractivity contribution in [2.75, 3.05) is 6.61 Å². The third-order valence-electron chi connectivity index (χ3n) is 7.61. The molecule has 1 saturated carbocycles. The highest BCUT2D eigenvalue weighted by molar-refractivity contribution is 4.98. The zero-order chi connectivity index (χ0) is 22.2. The summed E-state index contributed by atoms with van der Waals surface area (Å²) >= 11 is 0. The smallest absolute Gasteiger partial charge is 0.186 e. The van der Waals surface area contributed by atoms with E-state index in [0.29, 0.717) is 5.92 Å². The van der Waals surface area contributed by atoms with Crippen molar-refractivity contribution < 1.29 is 34.6 Å². The second-order valence-electron chi connectivity index (χ2n) is 9.83. The minimum atomic E-state index is -1.26. The fraction of sp³-hybridized carbons (Fsp3) is 1.00. The fourth-order valence-electron chi connectivity index (χ4n) is 5.69. The standard InChI is InChI=1S/C22H41NO7/c1-5-13-7-6-10(2)20(28-13)15-11(3)8-12(4)21(18(15)26)30-22-19(27)16(23)17(25)14(9-24)29-22/h10-22,24-27H,5-9,23H2,1-4H3. The molecule has 13 atom stereocenters. The van der Waals surface area contributed by atoms with Gasteiger partial charge in [-0.15, -0.1) is 0 Å². The maximum absolute atomic E-state index is 11.4. The lowest BCUT2D eigenvalue weighted by molar-refractivity contribution is -0.311. The molecule has 6 N–H and O–H groups in total. The van der Waals surface area contributed by atoms with Crippen molar-refractivity contribution >= 4 is 0 Å². The van der Waals surface area contributed by atoms with Crippen LogP contribution < -0.4 is 5.73 Å². The van der Waals surface area contributed by atoms with E-state index in [0.717, 1.165) is 25.7 Å². The van der Waals surface area contributed by atoms with Crippen molar-refractivity contribution in [3.05, 3.63) is 0 Å². The number of hydrogen-bond acceptors (Lipinski definition) is 8. The van der Waals surface area contributed by atoms with Crippen LogP contribution in [0, 0.1) is 23.7 Å². The zero-order valence-corrected chi connectivity index (χ0v) is 18.6. The quantitative estimate of drug-likeness (QED) is 0.422. The second kappa shape index (κ2) is 10.1. The summed E-state index contributed by atoms with van der Waals surface area (Å²) in [5, 5.41) is 41.4. The first-order valence-electron chi connectivity index (χ1n) is 11.6. The summed E-state index contributed by atoms with van der Waals surface area (Å²) in [6.07, 6.45) is -1.72. The van der Waals surface area contributed by atoms with Gasteiger partial charge in [-0.05, 0) is 43.4 Å². The van der Waals surface area contributed by atoms with Crippen LogP contribution >= 0.6 is 0 Å². The van der Waals surface area contributed by atoms with Gasteiger partial charge in [0.15, 0.2) is 6.29 Å². The molecule has 3 aliphatic rings. The monoisotopic (exact) mass is 431 g/mol. The zero-order valence-electron chi connectivity index (χ0n) is 18.6. The fourth-order valence-corrected chi connectivity index (χ4v) is 5.69. The molecule has 0 amide bonds. The number of hydrogen-bond donors (Lipinski definition) is 5. The average Bonchev–Trinajstić information content (AvgIpc) is 2.72. The third-order valence-corrected chi connectivity index (χ3v) is 7.61. The molecule has 8 heteroatoms. The van der Waals surface area contributed by atoms with Gasteiger partial charge in [0, 0.05) is 5.92 Å². The molecule has 13 unspecified atom stereocenters. The topological polar surface area (TPSA) is 135 Å². The molecule has 2 saturated heterocycles. The largest absolute Gasteiger partial charge is 0.394 e. The Balaban J connectivity index is 1.76. The molecule has 2 heterocycles. The summed E-state index contributed by atoms with van der Waals surface area (Å²) in [5.41, 5.74) is 5.91. The minimum absolute atomic E-state index is 0.0403. The summed E-state index contributed by atoms with van der Waals surface area (Å²) < 4.78 is 18.1. The van der Waals surface area contributed by atoms with E-state index in [-0.39, 0.29) is 30.0 Å². The lowest BCUT2D eigenvalue weighted by Crippen LogP contribution is -2.64.